The third-order valence-electron chi connectivity index (χ3n) is 4.21. The van der Waals surface area contributed by atoms with E-state index >= 15 is 0 Å². The first-order valence-electron chi connectivity index (χ1n) is 7.46. The molecule has 4 rings (SSSR count). The summed E-state index contributed by atoms with van der Waals surface area (Å²) in [6.45, 7) is 4.96. The Hall–Kier alpha value is -1.83. The average Bonchev–Trinajstić information content (AvgIpc) is 3.22. The number of amidine groups is 1. The van der Waals surface area contributed by atoms with Crippen LogP contribution in [0.2, 0.25) is 0 Å². The van der Waals surface area contributed by atoms with Gasteiger partial charge in [-0.15, -0.1) is 0 Å². The minimum absolute atomic E-state index is 0.165. The largest absolute Gasteiger partial charge is 0.342 e. The highest BCUT2D eigenvalue weighted by Gasteiger charge is 2.33. The molecule has 4 heterocycles. The molecule has 1 amide bonds. The summed E-state index contributed by atoms with van der Waals surface area (Å²) in [4.78, 5) is 25.3. The highest BCUT2D eigenvalue weighted by molar-refractivity contribution is 8.16. The summed E-state index contributed by atoms with van der Waals surface area (Å²) in [7, 11) is 0. The van der Waals surface area contributed by atoms with Gasteiger partial charge in [-0.25, -0.2) is 0 Å². The number of hydrogen-bond donors (Lipinski definition) is 0. The molecule has 0 N–H and O–H groups in total. The molecule has 1 aromatic rings. The van der Waals surface area contributed by atoms with E-state index in [1.165, 1.54) is 0 Å². The lowest BCUT2D eigenvalue weighted by Gasteiger charge is -2.20. The summed E-state index contributed by atoms with van der Waals surface area (Å²) in [6, 6.07) is 0. The van der Waals surface area contributed by atoms with Gasteiger partial charge >= 0.3 is 0 Å². The van der Waals surface area contributed by atoms with Crippen molar-refractivity contribution in [1.29, 1.82) is 0 Å². The molecule has 0 bridgehead atoms. The van der Waals surface area contributed by atoms with Crippen molar-refractivity contribution < 1.29 is 9.32 Å². The Kier molecular flexibility index (Phi) is 3.40. The predicted octanol–water partition coefficient (Wildman–Crippen LogP) is 1.34. The van der Waals surface area contributed by atoms with Crippen LogP contribution in [0.5, 0.6) is 0 Å². The molecule has 0 spiro atoms. The third kappa shape index (κ3) is 2.41. The van der Waals surface area contributed by atoms with E-state index in [4.69, 9.17) is 4.52 Å². The van der Waals surface area contributed by atoms with Crippen LogP contribution in [-0.4, -0.2) is 57.2 Å². The van der Waals surface area contributed by atoms with Crippen LogP contribution in [0.25, 0.3) is 0 Å². The predicted molar refractivity (Wildman–Crippen MR) is 82.3 cm³/mol. The van der Waals surface area contributed by atoms with Crippen molar-refractivity contribution in [3.05, 3.63) is 22.8 Å². The van der Waals surface area contributed by atoms with E-state index in [9.17, 15) is 4.79 Å². The third-order valence-corrected chi connectivity index (χ3v) is 5.16. The van der Waals surface area contributed by atoms with Crippen LogP contribution < -0.4 is 0 Å². The Morgan fingerprint density at radius 2 is 2.41 bits per heavy atom. The molecule has 8 heteroatoms. The quantitative estimate of drug-likeness (QED) is 0.837. The van der Waals surface area contributed by atoms with Gasteiger partial charge in [-0.3, -0.25) is 9.79 Å². The summed E-state index contributed by atoms with van der Waals surface area (Å²) >= 11 is 1.62. The zero-order valence-corrected chi connectivity index (χ0v) is 13.2. The zero-order valence-electron chi connectivity index (χ0n) is 12.4. The van der Waals surface area contributed by atoms with Crippen molar-refractivity contribution in [1.82, 2.24) is 19.9 Å². The number of amides is 1. The molecule has 7 nitrogen and oxygen atoms in total. The monoisotopic (exact) mass is 319 g/mol. The Morgan fingerprint density at radius 3 is 3.23 bits per heavy atom. The lowest BCUT2D eigenvalue weighted by Crippen LogP contribution is -2.31. The van der Waals surface area contributed by atoms with Crippen LogP contribution in [0.4, 0.5) is 0 Å². The van der Waals surface area contributed by atoms with Gasteiger partial charge in [-0.2, -0.15) is 4.98 Å². The first kappa shape index (κ1) is 13.8. The van der Waals surface area contributed by atoms with Crippen molar-refractivity contribution in [2.75, 3.05) is 26.2 Å². The molecule has 0 aromatic carbocycles. The second-order valence-corrected chi connectivity index (χ2v) is 6.56. The maximum Gasteiger partial charge on any atom is 0.231 e. The normalized spacial score (nSPS) is 23.8. The number of aliphatic imine (C=N–C) groups is 1. The van der Waals surface area contributed by atoms with E-state index in [2.05, 4.69) is 20.0 Å². The fourth-order valence-electron chi connectivity index (χ4n) is 3.05. The second kappa shape index (κ2) is 5.42. The molecule has 22 heavy (non-hydrogen) atoms. The van der Waals surface area contributed by atoms with Crippen LogP contribution in [0.1, 0.15) is 30.5 Å². The highest BCUT2D eigenvalue weighted by atomic mass is 32.2. The smallest absolute Gasteiger partial charge is 0.231 e. The number of nitrogens with zero attached hydrogens (tertiary/aromatic N) is 5. The van der Waals surface area contributed by atoms with Gasteiger partial charge in [-0.1, -0.05) is 16.9 Å². The van der Waals surface area contributed by atoms with Gasteiger partial charge in [0.15, 0.2) is 11.0 Å². The number of aryl methyl sites for hydroxylation is 1. The lowest BCUT2D eigenvalue weighted by molar-refractivity contribution is -0.129. The van der Waals surface area contributed by atoms with Crippen LogP contribution in [-0.2, 0) is 4.79 Å². The van der Waals surface area contributed by atoms with Crippen LogP contribution in [0, 0.1) is 6.92 Å². The van der Waals surface area contributed by atoms with E-state index in [0.29, 0.717) is 24.7 Å². The fourth-order valence-corrected chi connectivity index (χ4v) is 4.00. The molecule has 116 valence electrons. The van der Waals surface area contributed by atoms with Gasteiger partial charge < -0.3 is 14.3 Å². The number of fused-ring (bicyclic) bond motifs is 1. The number of carbonyl (C=O) groups is 1. The van der Waals surface area contributed by atoms with E-state index in [1.807, 2.05) is 17.2 Å². The summed E-state index contributed by atoms with van der Waals surface area (Å²) < 4.78 is 5.23. The first-order valence-corrected chi connectivity index (χ1v) is 8.34. The topological polar surface area (TPSA) is 74.8 Å². The molecular weight excluding hydrogens is 302 g/mol. The van der Waals surface area contributed by atoms with Gasteiger partial charge in [0.25, 0.3) is 0 Å². The molecular formula is C14H17N5O2S. The molecule has 0 aliphatic carbocycles. The average molecular weight is 319 g/mol. The SMILES string of the molecule is Cc1noc(C2CCN(C(=O)CC3=CSC4=NCCN34)C2)n1. The van der Waals surface area contributed by atoms with E-state index in [-0.39, 0.29) is 11.8 Å². The van der Waals surface area contributed by atoms with Gasteiger partial charge in [-0.05, 0) is 18.8 Å². The Bertz CT molecular complexity index is 668. The molecule has 0 radical (unpaired) electrons. The van der Waals surface area contributed by atoms with Crippen LogP contribution in [0.15, 0.2) is 20.6 Å². The number of rotatable bonds is 3. The Morgan fingerprint density at radius 1 is 1.50 bits per heavy atom. The van der Waals surface area contributed by atoms with Gasteiger partial charge in [0.05, 0.1) is 18.9 Å². The van der Waals surface area contributed by atoms with Gasteiger partial charge in [0.1, 0.15) is 0 Å². The molecule has 0 saturated carbocycles. The molecule has 1 unspecified atom stereocenters. The van der Waals surface area contributed by atoms with Crippen molar-refractivity contribution in [3.8, 4) is 0 Å². The van der Waals surface area contributed by atoms with Crippen LogP contribution in [0.3, 0.4) is 0 Å². The number of carbonyl (C=O) groups excluding carboxylic acids is 1. The number of hydrogen-bond acceptors (Lipinski definition) is 7. The molecule has 3 aliphatic heterocycles. The van der Waals surface area contributed by atoms with Gasteiger partial charge in [0.2, 0.25) is 11.8 Å². The molecule has 1 aromatic heterocycles. The van der Waals surface area contributed by atoms with Crippen LogP contribution >= 0.6 is 11.8 Å². The molecule has 1 saturated heterocycles. The number of thioether (sulfide) groups is 1. The lowest BCUT2D eigenvalue weighted by atomic mass is 10.1. The fraction of sp³-hybridized carbons (Fsp3) is 0.571. The standard InChI is InChI=1S/C14H17N5O2S/c1-9-16-13(21-17-9)10-2-4-18(7-10)12(20)6-11-8-22-14-15-3-5-19(11)14/h8,10H,2-7H2,1H3. The summed E-state index contributed by atoms with van der Waals surface area (Å²) in [6.07, 6.45) is 1.33. The van der Waals surface area contributed by atoms with Crippen molar-refractivity contribution >= 4 is 22.8 Å². The summed E-state index contributed by atoms with van der Waals surface area (Å²) in [5.74, 6) is 1.63. The minimum atomic E-state index is 0.165. The summed E-state index contributed by atoms with van der Waals surface area (Å²) in [5.41, 5.74) is 1.07. The van der Waals surface area contributed by atoms with E-state index in [1.54, 1.807) is 11.8 Å². The Labute approximate surface area is 132 Å². The van der Waals surface area contributed by atoms with Crippen molar-refractivity contribution in [3.63, 3.8) is 0 Å². The van der Waals surface area contributed by atoms with Crippen molar-refractivity contribution in [2.24, 2.45) is 4.99 Å². The number of aromatic nitrogens is 2. The van der Waals surface area contributed by atoms with E-state index < -0.39 is 0 Å². The first-order chi connectivity index (χ1) is 10.7. The molecule has 1 atom stereocenters. The molecule has 3 aliphatic rings. The zero-order chi connectivity index (χ0) is 15.1. The van der Waals surface area contributed by atoms with Gasteiger partial charge in [0, 0.05) is 25.3 Å². The second-order valence-electron chi connectivity index (χ2n) is 5.72. The van der Waals surface area contributed by atoms with Crippen molar-refractivity contribution in [2.45, 2.75) is 25.7 Å². The maximum atomic E-state index is 12.5. The summed E-state index contributed by atoms with van der Waals surface area (Å²) in [5, 5.41) is 6.91. The highest BCUT2D eigenvalue weighted by Crippen LogP contribution is 2.32. The Balaban J connectivity index is 1.37. The maximum absolute atomic E-state index is 12.5. The van der Waals surface area contributed by atoms with E-state index in [0.717, 1.165) is 36.9 Å². The number of likely N-dealkylation sites (tertiary alicyclic amines) is 1. The minimum Gasteiger partial charge on any atom is -0.342 e. The molecule has 1 fully saturated rings.